The molecule has 1 aromatic rings. The highest BCUT2D eigenvalue weighted by atomic mass is 32.2. The quantitative estimate of drug-likeness (QED) is 0.835. The second-order valence-electron chi connectivity index (χ2n) is 3.51. The van der Waals surface area contributed by atoms with Crippen molar-refractivity contribution in [2.24, 2.45) is 0 Å². The Morgan fingerprint density at radius 1 is 1.47 bits per heavy atom. The van der Waals surface area contributed by atoms with Gasteiger partial charge in [0.05, 0.1) is 5.88 Å². The molecule has 1 amide bonds. The third-order valence-corrected chi connectivity index (χ3v) is 3.31. The Hall–Kier alpha value is -1.30. The van der Waals surface area contributed by atoms with Gasteiger partial charge in [0.2, 0.25) is 0 Å². The van der Waals surface area contributed by atoms with Gasteiger partial charge in [-0.05, 0) is 18.2 Å². The minimum Gasteiger partial charge on any atom is -0.435 e. The predicted octanol–water partition coefficient (Wildman–Crippen LogP) is 2.43. The predicted molar refractivity (Wildman–Crippen MR) is 61.4 cm³/mol. The van der Waals surface area contributed by atoms with Crippen LogP contribution in [-0.2, 0) is 0 Å². The molecular weight excluding hydrogens is 248 g/mol. The van der Waals surface area contributed by atoms with Crippen LogP contribution in [-0.4, -0.2) is 35.6 Å². The van der Waals surface area contributed by atoms with E-state index in [-0.39, 0.29) is 11.7 Å². The van der Waals surface area contributed by atoms with Crippen molar-refractivity contribution >= 4 is 17.7 Å². The monoisotopic (exact) mass is 259 g/mol. The van der Waals surface area contributed by atoms with Crippen LogP contribution in [0, 0.1) is 0 Å². The summed E-state index contributed by atoms with van der Waals surface area (Å²) < 4.78 is 28.3. The lowest BCUT2D eigenvalue weighted by Gasteiger charge is -2.14. The fourth-order valence-electron chi connectivity index (χ4n) is 1.56. The van der Waals surface area contributed by atoms with Crippen molar-refractivity contribution in [2.75, 3.05) is 18.2 Å². The molecule has 0 N–H and O–H groups in total. The van der Waals surface area contributed by atoms with Gasteiger partial charge in [0, 0.05) is 17.9 Å². The highest BCUT2D eigenvalue weighted by molar-refractivity contribution is 7.99. The Kier molecular flexibility index (Phi) is 3.83. The lowest BCUT2D eigenvalue weighted by atomic mass is 10.2. The third-order valence-electron chi connectivity index (χ3n) is 2.35. The Morgan fingerprint density at radius 3 is 2.94 bits per heavy atom. The number of hydrogen-bond donors (Lipinski definition) is 0. The maximum Gasteiger partial charge on any atom is 0.387 e. The first kappa shape index (κ1) is 12.2. The number of alkyl halides is 2. The number of carbonyl (C=O) groups is 1. The van der Waals surface area contributed by atoms with Crippen molar-refractivity contribution < 1.29 is 18.3 Å². The molecule has 6 heteroatoms. The summed E-state index contributed by atoms with van der Waals surface area (Å²) in [6, 6.07) is 5.89. The van der Waals surface area contributed by atoms with Crippen LogP contribution in [0.2, 0.25) is 0 Å². The van der Waals surface area contributed by atoms with Crippen LogP contribution in [0.25, 0.3) is 0 Å². The first-order valence-corrected chi connectivity index (χ1v) is 6.24. The summed E-state index contributed by atoms with van der Waals surface area (Å²) in [5, 5.41) is 0. The van der Waals surface area contributed by atoms with Crippen LogP contribution >= 0.6 is 11.8 Å². The molecule has 1 fully saturated rings. The smallest absolute Gasteiger partial charge is 0.387 e. The molecule has 17 heavy (non-hydrogen) atoms. The molecule has 3 nitrogen and oxygen atoms in total. The zero-order chi connectivity index (χ0) is 12.3. The molecule has 1 aromatic carbocycles. The number of nitrogens with zero attached hydrogens (tertiary/aromatic N) is 1. The van der Waals surface area contributed by atoms with Crippen LogP contribution in [0.1, 0.15) is 10.4 Å². The molecule has 1 heterocycles. The zero-order valence-corrected chi connectivity index (χ0v) is 9.75. The van der Waals surface area contributed by atoms with Gasteiger partial charge < -0.3 is 9.64 Å². The van der Waals surface area contributed by atoms with Crippen LogP contribution in [0.15, 0.2) is 24.3 Å². The number of carbonyl (C=O) groups excluding carboxylic acids is 1. The fourth-order valence-corrected chi connectivity index (χ4v) is 2.51. The first-order valence-electron chi connectivity index (χ1n) is 5.09. The lowest BCUT2D eigenvalue weighted by molar-refractivity contribution is -0.0499. The minimum absolute atomic E-state index is 0.0118. The van der Waals surface area contributed by atoms with E-state index in [1.807, 2.05) is 0 Å². The van der Waals surface area contributed by atoms with Gasteiger partial charge in [0.1, 0.15) is 5.75 Å². The van der Waals surface area contributed by atoms with E-state index in [2.05, 4.69) is 4.74 Å². The molecule has 92 valence electrons. The number of benzene rings is 1. The summed E-state index contributed by atoms with van der Waals surface area (Å²) in [6.07, 6.45) is 0. The van der Waals surface area contributed by atoms with Crippen LogP contribution in [0.5, 0.6) is 5.75 Å². The van der Waals surface area contributed by atoms with Gasteiger partial charge in [-0.3, -0.25) is 4.79 Å². The second-order valence-corrected chi connectivity index (χ2v) is 4.59. The standard InChI is InChI=1S/C11H11F2NO2S/c12-11(13)16-9-3-1-2-8(6-9)10(15)14-4-5-17-7-14/h1-3,6,11H,4-5,7H2. The number of amides is 1. The maximum atomic E-state index is 12.0. The van der Waals surface area contributed by atoms with Crippen LogP contribution in [0.3, 0.4) is 0 Å². The van der Waals surface area contributed by atoms with Crippen LogP contribution in [0.4, 0.5) is 8.78 Å². The van der Waals surface area contributed by atoms with E-state index in [0.717, 1.165) is 5.75 Å². The maximum absolute atomic E-state index is 12.0. The summed E-state index contributed by atoms with van der Waals surface area (Å²) in [7, 11) is 0. The minimum atomic E-state index is -2.87. The average molecular weight is 259 g/mol. The molecule has 0 aliphatic carbocycles. The topological polar surface area (TPSA) is 29.5 Å². The third kappa shape index (κ3) is 3.09. The van der Waals surface area contributed by atoms with E-state index in [9.17, 15) is 13.6 Å². The molecule has 1 aliphatic heterocycles. The molecule has 0 bridgehead atoms. The normalized spacial score (nSPS) is 15.4. The molecule has 0 spiro atoms. The Labute approximate surface area is 102 Å². The zero-order valence-electron chi connectivity index (χ0n) is 8.94. The van der Waals surface area contributed by atoms with Gasteiger partial charge in [-0.2, -0.15) is 8.78 Å². The van der Waals surface area contributed by atoms with E-state index in [1.165, 1.54) is 18.2 Å². The van der Waals surface area contributed by atoms with E-state index >= 15 is 0 Å². The summed E-state index contributed by atoms with van der Waals surface area (Å²) in [5.41, 5.74) is 0.380. The molecule has 0 aromatic heterocycles. The molecule has 0 atom stereocenters. The first-order chi connectivity index (χ1) is 8.16. The van der Waals surface area contributed by atoms with E-state index in [4.69, 9.17) is 0 Å². The number of hydrogen-bond acceptors (Lipinski definition) is 3. The highest BCUT2D eigenvalue weighted by Gasteiger charge is 2.20. The van der Waals surface area contributed by atoms with E-state index in [0.29, 0.717) is 18.0 Å². The molecular formula is C11H11F2NO2S. The van der Waals surface area contributed by atoms with Gasteiger partial charge in [0.15, 0.2) is 0 Å². The van der Waals surface area contributed by atoms with Gasteiger partial charge in [0.25, 0.3) is 5.91 Å². The number of ether oxygens (including phenoxy) is 1. The van der Waals surface area contributed by atoms with Crippen molar-refractivity contribution in [3.8, 4) is 5.75 Å². The van der Waals surface area contributed by atoms with Gasteiger partial charge >= 0.3 is 6.61 Å². The van der Waals surface area contributed by atoms with Gasteiger partial charge in [-0.15, -0.1) is 11.8 Å². The van der Waals surface area contributed by atoms with Crippen molar-refractivity contribution in [3.05, 3.63) is 29.8 Å². The largest absolute Gasteiger partial charge is 0.435 e. The molecule has 0 unspecified atom stereocenters. The van der Waals surface area contributed by atoms with Crippen molar-refractivity contribution in [2.45, 2.75) is 6.61 Å². The van der Waals surface area contributed by atoms with Gasteiger partial charge in [-0.1, -0.05) is 6.07 Å². The molecule has 2 rings (SSSR count). The Balaban J connectivity index is 2.12. The Bertz CT molecular complexity index is 408. The number of rotatable bonds is 3. The summed E-state index contributed by atoms with van der Waals surface area (Å²) in [4.78, 5) is 13.6. The summed E-state index contributed by atoms with van der Waals surface area (Å²) in [6.45, 7) is -2.17. The van der Waals surface area contributed by atoms with Crippen molar-refractivity contribution in [3.63, 3.8) is 0 Å². The van der Waals surface area contributed by atoms with Crippen molar-refractivity contribution in [1.29, 1.82) is 0 Å². The van der Waals surface area contributed by atoms with Gasteiger partial charge in [-0.25, -0.2) is 0 Å². The summed E-state index contributed by atoms with van der Waals surface area (Å²) in [5.74, 6) is 1.44. The molecule has 1 saturated heterocycles. The fraction of sp³-hybridized carbons (Fsp3) is 0.364. The molecule has 0 saturated carbocycles. The van der Waals surface area contributed by atoms with Crippen molar-refractivity contribution in [1.82, 2.24) is 4.90 Å². The second kappa shape index (κ2) is 5.35. The summed E-state index contributed by atoms with van der Waals surface area (Å²) >= 11 is 1.67. The van der Waals surface area contributed by atoms with E-state index in [1.54, 1.807) is 22.7 Å². The molecule has 1 aliphatic rings. The molecule has 0 radical (unpaired) electrons. The van der Waals surface area contributed by atoms with Crippen LogP contribution < -0.4 is 4.74 Å². The van der Waals surface area contributed by atoms with E-state index < -0.39 is 6.61 Å². The highest BCUT2D eigenvalue weighted by Crippen LogP contribution is 2.20. The number of thioether (sulfide) groups is 1. The number of halogens is 2. The Morgan fingerprint density at radius 2 is 2.29 bits per heavy atom. The SMILES string of the molecule is O=C(c1cccc(OC(F)F)c1)N1CCSC1. The lowest BCUT2D eigenvalue weighted by Crippen LogP contribution is -2.27. The average Bonchev–Trinajstić information content (AvgIpc) is 2.81.